The van der Waals surface area contributed by atoms with E-state index in [1.165, 1.54) is 45.0 Å². The predicted octanol–water partition coefficient (Wildman–Crippen LogP) is 1.66. The van der Waals surface area contributed by atoms with Crippen LogP contribution in [0.4, 0.5) is 4.39 Å². The topological polar surface area (TPSA) is 13.7 Å². The molecule has 0 amide bonds. The van der Waals surface area contributed by atoms with Crippen molar-refractivity contribution in [3.05, 3.63) is 30.1 Å². The second-order valence-electron chi connectivity index (χ2n) is 4.69. The summed E-state index contributed by atoms with van der Waals surface area (Å²) in [5, 5.41) is 0. The van der Waals surface area contributed by atoms with Crippen LogP contribution in [0.15, 0.2) is 24.3 Å². The number of para-hydroxylation sites is 1. The van der Waals surface area contributed by atoms with Crippen molar-refractivity contribution in [2.75, 3.05) is 26.2 Å². The minimum atomic E-state index is -0.266. The van der Waals surface area contributed by atoms with Gasteiger partial charge in [0.2, 0.25) is 0 Å². The Balaban J connectivity index is 1.58. The molecule has 1 aliphatic rings. The normalized spacial score (nSPS) is 16.3. The number of likely N-dealkylation sites (tertiary alicyclic amines) is 1. The number of halogens is 1. The molecule has 1 aromatic rings. The number of rotatable bonds is 6. The predicted molar refractivity (Wildman–Crippen MR) is 65.9 cm³/mol. The van der Waals surface area contributed by atoms with Crippen LogP contribution in [0.5, 0.6) is 5.75 Å². The summed E-state index contributed by atoms with van der Waals surface area (Å²) in [4.78, 5) is 1.72. The van der Waals surface area contributed by atoms with E-state index < -0.39 is 0 Å². The molecule has 1 aliphatic heterocycles. The van der Waals surface area contributed by atoms with Gasteiger partial charge in [0.1, 0.15) is 0 Å². The first-order valence-electron chi connectivity index (χ1n) is 6.57. The SMILES string of the molecule is Fc1ccccc1OCCCC[NH+]1CCCC1. The van der Waals surface area contributed by atoms with E-state index in [0.29, 0.717) is 12.4 Å². The Hall–Kier alpha value is -1.09. The third-order valence-corrected chi connectivity index (χ3v) is 3.33. The molecule has 17 heavy (non-hydrogen) atoms. The van der Waals surface area contributed by atoms with E-state index in [-0.39, 0.29) is 5.82 Å². The van der Waals surface area contributed by atoms with E-state index in [1.807, 2.05) is 0 Å². The van der Waals surface area contributed by atoms with Crippen molar-refractivity contribution in [3.8, 4) is 5.75 Å². The van der Waals surface area contributed by atoms with Gasteiger partial charge in [-0.15, -0.1) is 0 Å². The lowest BCUT2D eigenvalue weighted by atomic mass is 10.3. The van der Waals surface area contributed by atoms with Gasteiger partial charge in [-0.1, -0.05) is 12.1 Å². The molecule has 1 N–H and O–H groups in total. The second kappa shape index (κ2) is 6.60. The Kier molecular flexibility index (Phi) is 4.80. The molecule has 1 heterocycles. The number of ether oxygens (including phenoxy) is 1. The smallest absolute Gasteiger partial charge is 0.165 e. The Morgan fingerprint density at radius 1 is 1.12 bits per heavy atom. The van der Waals surface area contributed by atoms with E-state index in [2.05, 4.69) is 0 Å². The minimum Gasteiger partial charge on any atom is -0.491 e. The molecule has 1 aromatic carbocycles. The zero-order valence-corrected chi connectivity index (χ0v) is 10.3. The van der Waals surface area contributed by atoms with Gasteiger partial charge in [-0.2, -0.15) is 0 Å². The molecular formula is C14H21FNO+. The maximum Gasteiger partial charge on any atom is 0.165 e. The van der Waals surface area contributed by atoms with Gasteiger partial charge < -0.3 is 9.64 Å². The number of nitrogens with one attached hydrogen (secondary N) is 1. The van der Waals surface area contributed by atoms with Crippen LogP contribution in [0.1, 0.15) is 25.7 Å². The molecule has 2 rings (SSSR count). The molecule has 0 radical (unpaired) electrons. The highest BCUT2D eigenvalue weighted by Crippen LogP contribution is 2.15. The van der Waals surface area contributed by atoms with Gasteiger partial charge in [-0.25, -0.2) is 4.39 Å². The monoisotopic (exact) mass is 238 g/mol. The highest BCUT2D eigenvalue weighted by atomic mass is 19.1. The first kappa shape index (κ1) is 12.4. The molecule has 1 fully saturated rings. The van der Waals surface area contributed by atoms with E-state index >= 15 is 0 Å². The molecule has 0 spiro atoms. The molecule has 0 aliphatic carbocycles. The number of hydrogen-bond acceptors (Lipinski definition) is 1. The van der Waals surface area contributed by atoms with Crippen molar-refractivity contribution >= 4 is 0 Å². The van der Waals surface area contributed by atoms with Gasteiger partial charge in [-0.3, -0.25) is 0 Å². The highest BCUT2D eigenvalue weighted by molar-refractivity contribution is 5.23. The molecular weight excluding hydrogens is 217 g/mol. The van der Waals surface area contributed by atoms with Crippen molar-refractivity contribution in [1.82, 2.24) is 0 Å². The quantitative estimate of drug-likeness (QED) is 0.744. The summed E-state index contributed by atoms with van der Waals surface area (Å²) in [6, 6.07) is 6.59. The van der Waals surface area contributed by atoms with Crippen LogP contribution < -0.4 is 9.64 Å². The molecule has 1 saturated heterocycles. The zero-order valence-electron chi connectivity index (χ0n) is 10.3. The lowest BCUT2D eigenvalue weighted by molar-refractivity contribution is -0.887. The van der Waals surface area contributed by atoms with Crippen LogP contribution in [0, 0.1) is 5.82 Å². The molecule has 94 valence electrons. The minimum absolute atomic E-state index is 0.266. The molecule has 0 unspecified atom stereocenters. The Morgan fingerprint density at radius 2 is 1.88 bits per heavy atom. The Bertz CT molecular complexity index is 337. The van der Waals surface area contributed by atoms with Gasteiger partial charge in [0.05, 0.1) is 26.2 Å². The summed E-state index contributed by atoms with van der Waals surface area (Å²) >= 11 is 0. The average Bonchev–Trinajstić information content (AvgIpc) is 2.84. The molecule has 0 bridgehead atoms. The molecule has 2 nitrogen and oxygen atoms in total. The largest absolute Gasteiger partial charge is 0.491 e. The van der Waals surface area contributed by atoms with E-state index in [1.54, 1.807) is 23.1 Å². The van der Waals surface area contributed by atoms with Crippen LogP contribution >= 0.6 is 0 Å². The third-order valence-electron chi connectivity index (χ3n) is 3.33. The molecule has 0 aromatic heterocycles. The fourth-order valence-corrected chi connectivity index (χ4v) is 2.35. The molecule has 0 saturated carbocycles. The fraction of sp³-hybridized carbons (Fsp3) is 0.571. The lowest BCUT2D eigenvalue weighted by Gasteiger charge is -2.12. The van der Waals surface area contributed by atoms with Crippen molar-refractivity contribution in [3.63, 3.8) is 0 Å². The second-order valence-corrected chi connectivity index (χ2v) is 4.69. The maximum absolute atomic E-state index is 13.2. The summed E-state index contributed by atoms with van der Waals surface area (Å²) < 4.78 is 18.6. The van der Waals surface area contributed by atoms with Crippen LogP contribution in [-0.4, -0.2) is 26.2 Å². The lowest BCUT2D eigenvalue weighted by Crippen LogP contribution is -3.09. The van der Waals surface area contributed by atoms with E-state index in [4.69, 9.17) is 4.74 Å². The zero-order chi connectivity index (χ0) is 11.9. The first-order chi connectivity index (χ1) is 8.36. The van der Waals surface area contributed by atoms with Gasteiger partial charge in [0, 0.05) is 12.8 Å². The van der Waals surface area contributed by atoms with Crippen LogP contribution in [0.3, 0.4) is 0 Å². The Labute approximate surface area is 102 Å². The average molecular weight is 238 g/mol. The van der Waals surface area contributed by atoms with Gasteiger partial charge in [0.25, 0.3) is 0 Å². The van der Waals surface area contributed by atoms with Gasteiger partial charge >= 0.3 is 0 Å². The van der Waals surface area contributed by atoms with Crippen LogP contribution in [0.2, 0.25) is 0 Å². The summed E-state index contributed by atoms with van der Waals surface area (Å²) in [6.07, 6.45) is 4.93. The molecule has 3 heteroatoms. The summed E-state index contributed by atoms with van der Waals surface area (Å²) in [5.74, 6) is 0.110. The van der Waals surface area contributed by atoms with Crippen LogP contribution in [0.25, 0.3) is 0 Å². The maximum atomic E-state index is 13.2. The van der Waals surface area contributed by atoms with Crippen molar-refractivity contribution in [1.29, 1.82) is 0 Å². The number of hydrogen-bond donors (Lipinski definition) is 1. The first-order valence-corrected chi connectivity index (χ1v) is 6.57. The van der Waals surface area contributed by atoms with Gasteiger partial charge in [-0.05, 0) is 25.0 Å². The van der Waals surface area contributed by atoms with E-state index in [9.17, 15) is 4.39 Å². The summed E-state index contributed by atoms with van der Waals surface area (Å²) in [5.41, 5.74) is 0. The highest BCUT2D eigenvalue weighted by Gasteiger charge is 2.13. The van der Waals surface area contributed by atoms with Crippen LogP contribution in [-0.2, 0) is 0 Å². The summed E-state index contributed by atoms with van der Waals surface area (Å²) in [7, 11) is 0. The number of quaternary nitrogens is 1. The van der Waals surface area contributed by atoms with Gasteiger partial charge in [0.15, 0.2) is 11.6 Å². The van der Waals surface area contributed by atoms with Crippen molar-refractivity contribution < 1.29 is 14.0 Å². The number of benzene rings is 1. The van der Waals surface area contributed by atoms with Crippen molar-refractivity contribution in [2.45, 2.75) is 25.7 Å². The standard InChI is InChI=1S/C14H20FNO/c15-13-7-1-2-8-14(13)17-12-6-5-11-16-9-3-4-10-16/h1-2,7-8H,3-6,9-12H2/p+1. The third kappa shape index (κ3) is 4.00. The fourth-order valence-electron chi connectivity index (χ4n) is 2.35. The van der Waals surface area contributed by atoms with E-state index in [0.717, 1.165) is 6.42 Å². The Morgan fingerprint density at radius 3 is 2.65 bits per heavy atom. The number of unbranched alkanes of at least 4 members (excludes halogenated alkanes) is 1. The van der Waals surface area contributed by atoms with Crippen molar-refractivity contribution in [2.24, 2.45) is 0 Å². The summed E-state index contributed by atoms with van der Waals surface area (Å²) in [6.45, 7) is 4.51. The molecule has 0 atom stereocenters.